The van der Waals surface area contributed by atoms with Crippen molar-refractivity contribution in [3.8, 4) is 0 Å². The van der Waals surface area contributed by atoms with E-state index in [1.165, 1.54) is 38.5 Å². The Morgan fingerprint density at radius 3 is 2.00 bits per heavy atom. The van der Waals surface area contributed by atoms with Gasteiger partial charge in [-0.2, -0.15) is 0 Å². The minimum Gasteiger partial charge on any atom is -0.381 e. The van der Waals surface area contributed by atoms with Crippen LogP contribution in [0.4, 0.5) is 0 Å². The maximum atomic E-state index is 5.80. The van der Waals surface area contributed by atoms with Gasteiger partial charge in [0.2, 0.25) is 0 Å². The van der Waals surface area contributed by atoms with Crippen LogP contribution in [-0.2, 0) is 4.74 Å². The van der Waals surface area contributed by atoms with E-state index in [4.69, 9.17) is 10.5 Å². The average molecular weight is 223 g/mol. The first kappa shape index (κ1) is 11.0. The Hall–Kier alpha value is -0.0800. The van der Waals surface area contributed by atoms with Gasteiger partial charge in [-0.25, -0.2) is 0 Å². The Labute approximate surface area is 98.9 Å². The van der Waals surface area contributed by atoms with E-state index in [1.54, 1.807) is 0 Å². The van der Waals surface area contributed by atoms with Crippen molar-refractivity contribution in [3.05, 3.63) is 0 Å². The molecule has 4 rings (SSSR count). The lowest BCUT2D eigenvalue weighted by molar-refractivity contribution is -0.133. The fraction of sp³-hybridized carbons (Fsp3) is 1.00. The quantitative estimate of drug-likeness (QED) is 0.795. The highest BCUT2D eigenvalue weighted by Gasteiger charge is 2.54. The van der Waals surface area contributed by atoms with E-state index in [0.29, 0.717) is 11.5 Å². The second kappa shape index (κ2) is 3.99. The Balaban J connectivity index is 1.81. The summed E-state index contributed by atoms with van der Waals surface area (Å²) in [6.07, 6.45) is 10.3. The smallest absolute Gasteiger partial charge is 0.0639 e. The van der Waals surface area contributed by atoms with Crippen molar-refractivity contribution in [2.24, 2.45) is 28.9 Å². The van der Waals surface area contributed by atoms with Gasteiger partial charge in [-0.1, -0.05) is 0 Å². The maximum absolute atomic E-state index is 5.80. The van der Waals surface area contributed by atoms with Crippen LogP contribution in [0.25, 0.3) is 0 Å². The molecule has 0 aromatic heterocycles. The fourth-order valence-corrected chi connectivity index (χ4v) is 5.40. The third-order valence-electron chi connectivity index (χ3n) is 5.48. The molecule has 4 aliphatic rings. The summed E-state index contributed by atoms with van der Waals surface area (Å²) < 4.78 is 5.80. The molecule has 0 heterocycles. The van der Waals surface area contributed by atoms with E-state index in [-0.39, 0.29) is 0 Å². The molecule has 0 aromatic carbocycles. The Bertz CT molecular complexity index is 228. The monoisotopic (exact) mass is 223 g/mol. The van der Waals surface area contributed by atoms with Crippen molar-refractivity contribution in [1.82, 2.24) is 0 Å². The van der Waals surface area contributed by atoms with Crippen LogP contribution >= 0.6 is 0 Å². The van der Waals surface area contributed by atoms with Gasteiger partial charge in [-0.05, 0) is 74.7 Å². The van der Waals surface area contributed by atoms with Crippen LogP contribution in [0.5, 0.6) is 0 Å². The minimum absolute atomic E-state index is 0.436. The molecule has 0 aliphatic heterocycles. The van der Waals surface area contributed by atoms with Gasteiger partial charge in [0.25, 0.3) is 0 Å². The van der Waals surface area contributed by atoms with Crippen molar-refractivity contribution >= 4 is 0 Å². The average Bonchev–Trinajstić information content (AvgIpc) is 2.23. The predicted octanol–water partition coefficient (Wildman–Crippen LogP) is 2.57. The number of rotatable bonds is 4. The summed E-state index contributed by atoms with van der Waals surface area (Å²) in [5.41, 5.74) is 6.26. The van der Waals surface area contributed by atoms with Crippen molar-refractivity contribution in [2.45, 2.75) is 51.0 Å². The van der Waals surface area contributed by atoms with E-state index in [0.717, 1.165) is 30.7 Å². The molecule has 1 atom stereocenters. The van der Waals surface area contributed by atoms with E-state index in [9.17, 15) is 0 Å². The van der Waals surface area contributed by atoms with Gasteiger partial charge in [0.05, 0.1) is 6.10 Å². The first-order valence-corrected chi connectivity index (χ1v) is 6.98. The summed E-state index contributed by atoms with van der Waals surface area (Å²) in [4.78, 5) is 0. The number of hydrogen-bond acceptors (Lipinski definition) is 2. The van der Waals surface area contributed by atoms with Gasteiger partial charge in [0.1, 0.15) is 0 Å². The number of hydrogen-bond donors (Lipinski definition) is 1. The fourth-order valence-electron chi connectivity index (χ4n) is 5.40. The van der Waals surface area contributed by atoms with Crippen LogP contribution in [0, 0.1) is 23.2 Å². The minimum atomic E-state index is 0.436. The second-order valence-corrected chi connectivity index (χ2v) is 6.58. The van der Waals surface area contributed by atoms with Crippen LogP contribution in [0.2, 0.25) is 0 Å². The Morgan fingerprint density at radius 2 is 1.62 bits per heavy atom. The zero-order valence-corrected chi connectivity index (χ0v) is 10.5. The van der Waals surface area contributed by atoms with Crippen molar-refractivity contribution in [3.63, 3.8) is 0 Å². The zero-order chi connectivity index (χ0) is 11.2. The summed E-state index contributed by atoms with van der Waals surface area (Å²) in [6.45, 7) is 0.778. The second-order valence-electron chi connectivity index (χ2n) is 6.58. The van der Waals surface area contributed by atoms with Crippen molar-refractivity contribution in [1.29, 1.82) is 0 Å². The number of ether oxygens (including phenoxy) is 1. The molecule has 4 aliphatic carbocycles. The largest absolute Gasteiger partial charge is 0.381 e. The van der Waals surface area contributed by atoms with Gasteiger partial charge in [0.15, 0.2) is 0 Å². The molecule has 0 saturated heterocycles. The third kappa shape index (κ3) is 1.62. The Kier molecular flexibility index (Phi) is 2.75. The number of methoxy groups -OCH3 is 1. The van der Waals surface area contributed by atoms with Crippen LogP contribution in [0.1, 0.15) is 44.9 Å². The maximum Gasteiger partial charge on any atom is 0.0639 e. The molecule has 2 heteroatoms. The molecule has 0 aromatic rings. The van der Waals surface area contributed by atoms with Gasteiger partial charge in [-0.15, -0.1) is 0 Å². The molecule has 92 valence electrons. The zero-order valence-electron chi connectivity index (χ0n) is 10.5. The highest BCUT2D eigenvalue weighted by atomic mass is 16.5. The summed E-state index contributed by atoms with van der Waals surface area (Å²) in [6, 6.07) is 0. The molecule has 0 radical (unpaired) electrons. The molecule has 4 bridgehead atoms. The third-order valence-corrected chi connectivity index (χ3v) is 5.48. The molecule has 0 spiro atoms. The molecule has 2 N–H and O–H groups in total. The number of nitrogens with two attached hydrogens (primary N) is 1. The molecule has 0 amide bonds. The SMILES string of the molecule is COC(CCN)C12CC3CC(CC(C3)C1)C2. The molecule has 4 saturated carbocycles. The summed E-state index contributed by atoms with van der Waals surface area (Å²) in [5.74, 6) is 3.05. The first-order valence-electron chi connectivity index (χ1n) is 6.98. The predicted molar refractivity (Wildman–Crippen MR) is 65.1 cm³/mol. The molecule has 16 heavy (non-hydrogen) atoms. The van der Waals surface area contributed by atoms with E-state index >= 15 is 0 Å². The standard InChI is InChI=1S/C14H25NO/c1-16-13(2-3-15)14-7-10-4-11(8-14)6-12(5-10)9-14/h10-13H,2-9,15H2,1H3. The molecule has 4 fully saturated rings. The van der Waals surface area contributed by atoms with Gasteiger partial charge >= 0.3 is 0 Å². The van der Waals surface area contributed by atoms with Crippen molar-refractivity contribution < 1.29 is 4.74 Å². The lowest BCUT2D eigenvalue weighted by atomic mass is 9.48. The Morgan fingerprint density at radius 1 is 1.12 bits per heavy atom. The molecular formula is C14H25NO. The van der Waals surface area contributed by atoms with Crippen LogP contribution in [-0.4, -0.2) is 19.8 Å². The van der Waals surface area contributed by atoms with Crippen LogP contribution in [0.15, 0.2) is 0 Å². The van der Waals surface area contributed by atoms with Crippen molar-refractivity contribution in [2.75, 3.05) is 13.7 Å². The highest BCUT2D eigenvalue weighted by molar-refractivity contribution is 5.04. The highest BCUT2D eigenvalue weighted by Crippen LogP contribution is 2.62. The lowest BCUT2D eigenvalue weighted by Crippen LogP contribution is -2.52. The lowest BCUT2D eigenvalue weighted by Gasteiger charge is -2.59. The molecular weight excluding hydrogens is 198 g/mol. The van der Waals surface area contributed by atoms with Gasteiger partial charge in [-0.3, -0.25) is 0 Å². The normalized spacial score (nSPS) is 47.2. The van der Waals surface area contributed by atoms with E-state index in [1.807, 2.05) is 7.11 Å². The van der Waals surface area contributed by atoms with Crippen LogP contribution < -0.4 is 5.73 Å². The summed E-state index contributed by atoms with van der Waals surface area (Å²) >= 11 is 0. The molecule has 2 nitrogen and oxygen atoms in total. The van der Waals surface area contributed by atoms with Gasteiger partial charge < -0.3 is 10.5 Å². The first-order chi connectivity index (χ1) is 7.75. The van der Waals surface area contributed by atoms with Gasteiger partial charge in [0, 0.05) is 7.11 Å². The molecule has 1 unspecified atom stereocenters. The van der Waals surface area contributed by atoms with Crippen LogP contribution in [0.3, 0.4) is 0 Å². The van der Waals surface area contributed by atoms with E-state index in [2.05, 4.69) is 0 Å². The summed E-state index contributed by atoms with van der Waals surface area (Å²) in [5, 5.41) is 0. The van der Waals surface area contributed by atoms with E-state index < -0.39 is 0 Å². The topological polar surface area (TPSA) is 35.2 Å². The summed E-state index contributed by atoms with van der Waals surface area (Å²) in [7, 11) is 1.89.